The van der Waals surface area contributed by atoms with E-state index in [1.54, 1.807) is 18.3 Å². The molecule has 0 amide bonds. The number of rotatable bonds is 3. The normalized spacial score (nSPS) is 10.2. The van der Waals surface area contributed by atoms with Gasteiger partial charge in [-0.2, -0.15) is 0 Å². The molecule has 4 heteroatoms. The van der Waals surface area contributed by atoms with Gasteiger partial charge < -0.3 is 0 Å². The monoisotopic (exact) mass is 228 g/mol. The molecule has 0 aliphatic rings. The van der Waals surface area contributed by atoms with Gasteiger partial charge in [0.05, 0.1) is 10.6 Å². The fourth-order valence-corrected chi connectivity index (χ4v) is 1.72. The van der Waals surface area contributed by atoms with E-state index in [4.69, 9.17) is 0 Å². The van der Waals surface area contributed by atoms with Crippen LogP contribution in [-0.4, -0.2) is 9.91 Å². The first-order valence-corrected chi connectivity index (χ1v) is 5.41. The summed E-state index contributed by atoms with van der Waals surface area (Å²) in [5.74, 6) is 0. The van der Waals surface area contributed by atoms with Crippen LogP contribution >= 0.6 is 0 Å². The van der Waals surface area contributed by atoms with Crippen LogP contribution in [0.3, 0.4) is 0 Å². The largest absolute Gasteiger partial charge is 0.269 e. The van der Waals surface area contributed by atoms with E-state index in [0.717, 1.165) is 23.2 Å². The minimum Gasteiger partial charge on any atom is -0.258 e. The van der Waals surface area contributed by atoms with Gasteiger partial charge in [-0.15, -0.1) is 0 Å². The number of nitrogens with zero attached hydrogens (tertiary/aromatic N) is 2. The predicted octanol–water partition coefficient (Wildman–Crippen LogP) is 3.22. The molecule has 1 heterocycles. The van der Waals surface area contributed by atoms with Crippen molar-refractivity contribution in [3.63, 3.8) is 0 Å². The summed E-state index contributed by atoms with van der Waals surface area (Å²) in [6, 6.07) is 10.4. The summed E-state index contributed by atoms with van der Waals surface area (Å²) in [5, 5.41) is 10.6. The van der Waals surface area contributed by atoms with Crippen molar-refractivity contribution in [1.29, 1.82) is 0 Å². The highest BCUT2D eigenvalue weighted by atomic mass is 16.6. The molecule has 2 aromatic rings. The topological polar surface area (TPSA) is 56.0 Å². The Bertz CT molecular complexity index is 535. The SMILES string of the molecule is CCc1cccnc1-c1ccc([N+](=O)[O-])cc1. The first-order valence-electron chi connectivity index (χ1n) is 5.41. The lowest BCUT2D eigenvalue weighted by molar-refractivity contribution is -0.384. The number of hydrogen-bond acceptors (Lipinski definition) is 3. The molecule has 1 aromatic carbocycles. The van der Waals surface area contributed by atoms with Crippen LogP contribution in [0.15, 0.2) is 42.6 Å². The molecule has 0 aliphatic heterocycles. The molecule has 17 heavy (non-hydrogen) atoms. The summed E-state index contributed by atoms with van der Waals surface area (Å²) in [7, 11) is 0. The lowest BCUT2D eigenvalue weighted by atomic mass is 10.0. The van der Waals surface area contributed by atoms with Crippen molar-refractivity contribution >= 4 is 5.69 Å². The molecule has 1 aromatic heterocycles. The van der Waals surface area contributed by atoms with Crippen molar-refractivity contribution in [2.45, 2.75) is 13.3 Å². The second-order valence-corrected chi connectivity index (χ2v) is 3.67. The number of benzene rings is 1. The molecule has 0 spiro atoms. The second-order valence-electron chi connectivity index (χ2n) is 3.67. The molecule has 0 saturated carbocycles. The summed E-state index contributed by atoms with van der Waals surface area (Å²) in [4.78, 5) is 14.5. The van der Waals surface area contributed by atoms with Crippen LogP contribution in [0.2, 0.25) is 0 Å². The van der Waals surface area contributed by atoms with Crippen LogP contribution in [0.4, 0.5) is 5.69 Å². The maximum Gasteiger partial charge on any atom is 0.269 e. The Labute approximate surface area is 99.1 Å². The molecular weight excluding hydrogens is 216 g/mol. The molecule has 4 nitrogen and oxygen atoms in total. The van der Waals surface area contributed by atoms with E-state index in [-0.39, 0.29) is 5.69 Å². The quantitative estimate of drug-likeness (QED) is 0.598. The minimum atomic E-state index is -0.400. The molecule has 0 radical (unpaired) electrons. The van der Waals surface area contributed by atoms with Crippen LogP contribution in [0.1, 0.15) is 12.5 Å². The zero-order valence-electron chi connectivity index (χ0n) is 9.46. The predicted molar refractivity (Wildman–Crippen MR) is 65.7 cm³/mol. The summed E-state index contributed by atoms with van der Waals surface area (Å²) in [6.07, 6.45) is 2.62. The highest BCUT2D eigenvalue weighted by Gasteiger charge is 2.08. The summed E-state index contributed by atoms with van der Waals surface area (Å²) >= 11 is 0. The van der Waals surface area contributed by atoms with Gasteiger partial charge in [-0.1, -0.05) is 13.0 Å². The van der Waals surface area contributed by atoms with E-state index in [0.29, 0.717) is 0 Å². The van der Waals surface area contributed by atoms with Crippen molar-refractivity contribution in [3.8, 4) is 11.3 Å². The number of aromatic nitrogens is 1. The van der Waals surface area contributed by atoms with E-state index >= 15 is 0 Å². The molecule has 0 saturated heterocycles. The Morgan fingerprint density at radius 1 is 1.24 bits per heavy atom. The van der Waals surface area contributed by atoms with E-state index in [2.05, 4.69) is 11.9 Å². The molecule has 0 fully saturated rings. The van der Waals surface area contributed by atoms with E-state index in [1.165, 1.54) is 12.1 Å². The van der Waals surface area contributed by atoms with Crippen molar-refractivity contribution < 1.29 is 4.92 Å². The molecule has 0 bridgehead atoms. The Morgan fingerprint density at radius 2 is 1.94 bits per heavy atom. The molecule has 0 N–H and O–H groups in total. The number of aryl methyl sites for hydroxylation is 1. The molecule has 0 atom stereocenters. The van der Waals surface area contributed by atoms with Crippen molar-refractivity contribution in [3.05, 3.63) is 58.3 Å². The molecule has 86 valence electrons. The average molecular weight is 228 g/mol. The number of nitro benzene ring substituents is 1. The Morgan fingerprint density at radius 3 is 2.53 bits per heavy atom. The zero-order valence-corrected chi connectivity index (χ0v) is 9.46. The van der Waals surface area contributed by atoms with Gasteiger partial charge in [-0.3, -0.25) is 15.1 Å². The Balaban J connectivity index is 2.43. The third-order valence-corrected chi connectivity index (χ3v) is 2.62. The number of nitro groups is 1. The fourth-order valence-electron chi connectivity index (χ4n) is 1.72. The van der Waals surface area contributed by atoms with Gasteiger partial charge in [0.15, 0.2) is 0 Å². The van der Waals surface area contributed by atoms with Crippen molar-refractivity contribution in [2.24, 2.45) is 0 Å². The third-order valence-electron chi connectivity index (χ3n) is 2.62. The van der Waals surface area contributed by atoms with E-state index < -0.39 is 4.92 Å². The second kappa shape index (κ2) is 4.74. The van der Waals surface area contributed by atoms with Gasteiger partial charge in [-0.25, -0.2) is 0 Å². The highest BCUT2D eigenvalue weighted by molar-refractivity contribution is 5.64. The first kappa shape index (κ1) is 11.3. The van der Waals surface area contributed by atoms with Crippen LogP contribution < -0.4 is 0 Å². The number of pyridine rings is 1. The van der Waals surface area contributed by atoms with Gasteiger partial charge in [0.2, 0.25) is 0 Å². The molecular formula is C13H12N2O2. The van der Waals surface area contributed by atoms with Crippen LogP contribution in [0, 0.1) is 10.1 Å². The fraction of sp³-hybridized carbons (Fsp3) is 0.154. The molecule has 2 rings (SSSR count). The number of non-ortho nitro benzene ring substituents is 1. The Kier molecular flexibility index (Phi) is 3.14. The summed E-state index contributed by atoms with van der Waals surface area (Å²) in [6.45, 7) is 2.06. The first-order chi connectivity index (χ1) is 8.22. The lowest BCUT2D eigenvalue weighted by Gasteiger charge is -2.05. The van der Waals surface area contributed by atoms with Gasteiger partial charge in [0.25, 0.3) is 5.69 Å². The standard InChI is InChI=1S/C13H12N2O2/c1-2-10-4-3-9-14-13(10)11-5-7-12(8-6-11)15(16)17/h3-9H,2H2,1H3. The average Bonchev–Trinajstić information content (AvgIpc) is 2.39. The van der Waals surface area contributed by atoms with Gasteiger partial charge in [0.1, 0.15) is 0 Å². The van der Waals surface area contributed by atoms with Crippen molar-refractivity contribution in [1.82, 2.24) is 4.98 Å². The Hall–Kier alpha value is -2.23. The van der Waals surface area contributed by atoms with E-state index in [9.17, 15) is 10.1 Å². The van der Waals surface area contributed by atoms with Crippen LogP contribution in [-0.2, 0) is 6.42 Å². The summed E-state index contributed by atoms with van der Waals surface area (Å²) < 4.78 is 0. The maximum atomic E-state index is 10.6. The maximum absolute atomic E-state index is 10.6. The van der Waals surface area contributed by atoms with Gasteiger partial charge >= 0.3 is 0 Å². The van der Waals surface area contributed by atoms with E-state index in [1.807, 2.05) is 12.1 Å². The lowest BCUT2D eigenvalue weighted by Crippen LogP contribution is -1.92. The molecule has 0 aliphatic carbocycles. The van der Waals surface area contributed by atoms with Gasteiger partial charge in [0, 0.05) is 23.9 Å². The van der Waals surface area contributed by atoms with Crippen LogP contribution in [0.5, 0.6) is 0 Å². The van der Waals surface area contributed by atoms with Gasteiger partial charge in [-0.05, 0) is 30.2 Å². The zero-order chi connectivity index (χ0) is 12.3. The third kappa shape index (κ3) is 2.30. The highest BCUT2D eigenvalue weighted by Crippen LogP contribution is 2.23. The van der Waals surface area contributed by atoms with Crippen molar-refractivity contribution in [2.75, 3.05) is 0 Å². The van der Waals surface area contributed by atoms with Crippen LogP contribution in [0.25, 0.3) is 11.3 Å². The minimum absolute atomic E-state index is 0.0997. The number of hydrogen-bond donors (Lipinski definition) is 0. The molecule has 0 unspecified atom stereocenters. The smallest absolute Gasteiger partial charge is 0.258 e. The summed E-state index contributed by atoms with van der Waals surface area (Å²) in [5.41, 5.74) is 3.04.